The molecule has 0 bridgehead atoms. The SMILES string of the molecule is [Cr].[Fe].[SnH4].[Zr]. The van der Waals surface area contributed by atoms with E-state index in [2.05, 4.69) is 0 Å². The summed E-state index contributed by atoms with van der Waals surface area (Å²) in [6.07, 6.45) is 0. The van der Waals surface area contributed by atoms with Gasteiger partial charge in [0.05, 0.1) is 0 Å². The Morgan fingerprint density at radius 2 is 1.00 bits per heavy atom. The molecule has 0 amide bonds. The third kappa shape index (κ3) is 8.83. The zero-order valence-corrected chi connectivity index (χ0v) is 6.10. The topological polar surface area (TPSA) is 0 Å². The molecule has 26 valence electrons. The van der Waals surface area contributed by atoms with Crippen LogP contribution in [0.3, 0.4) is 0 Å². The standard InChI is InChI=1S/Cr.Fe.Sn.Zr.4H. The zero-order chi connectivity index (χ0) is 0. The van der Waals surface area contributed by atoms with Gasteiger partial charge < -0.3 is 0 Å². The van der Waals surface area contributed by atoms with Gasteiger partial charge in [-0.05, 0) is 0 Å². The van der Waals surface area contributed by atoms with Crippen molar-refractivity contribution in [3.05, 3.63) is 0 Å². The molecule has 0 aliphatic heterocycles. The van der Waals surface area contributed by atoms with Gasteiger partial charge >= 0.3 is 23.9 Å². The summed E-state index contributed by atoms with van der Waals surface area (Å²) in [5.74, 6) is 0. The van der Waals surface area contributed by atoms with Gasteiger partial charge in [0, 0.05) is 60.6 Å². The Kier molecular flexibility index (Phi) is 127. The molecule has 0 aromatic heterocycles. The molecular formula is H4CrFeSnZr. The molecule has 4 heavy (non-hydrogen) atoms. The van der Waals surface area contributed by atoms with Crippen molar-refractivity contribution in [2.75, 3.05) is 0 Å². The van der Waals surface area contributed by atoms with E-state index in [1.54, 1.807) is 0 Å². The van der Waals surface area contributed by atoms with Gasteiger partial charge in [-0.3, -0.25) is 0 Å². The minimum Gasteiger partial charge on any atom is 0 e. The van der Waals surface area contributed by atoms with Crippen LogP contribution in [-0.2, 0) is 60.6 Å². The van der Waals surface area contributed by atoms with Crippen LogP contribution < -0.4 is 0 Å². The van der Waals surface area contributed by atoms with Gasteiger partial charge in [-0.25, -0.2) is 0 Å². The molecule has 0 aromatic carbocycles. The average Bonchev–Trinajstić information content (AvgIpc) is 0. The molecule has 0 rings (SSSR count). The maximum atomic E-state index is 0. The Balaban J connectivity index is 0. The van der Waals surface area contributed by atoms with Crippen molar-refractivity contribution in [3.63, 3.8) is 0 Å². The molecule has 0 nitrogen and oxygen atoms in total. The van der Waals surface area contributed by atoms with Gasteiger partial charge in [0.1, 0.15) is 0 Å². The van der Waals surface area contributed by atoms with Gasteiger partial charge in [0.15, 0.2) is 0 Å². The molecule has 0 aromatic rings. The summed E-state index contributed by atoms with van der Waals surface area (Å²) in [4.78, 5) is 0. The molecule has 0 aliphatic rings. The Hall–Kier alpha value is 2.73. The number of rotatable bonds is 0. The molecule has 0 saturated carbocycles. The molecule has 0 heterocycles. The van der Waals surface area contributed by atoms with E-state index >= 15 is 0 Å². The monoisotopic (exact) mass is 322 g/mol. The van der Waals surface area contributed by atoms with Crippen LogP contribution in [-0.4, -0.2) is 23.9 Å². The summed E-state index contributed by atoms with van der Waals surface area (Å²) in [6.45, 7) is 0. The van der Waals surface area contributed by atoms with Crippen LogP contribution in [0.25, 0.3) is 0 Å². The molecular weight excluding hydrogens is 318 g/mol. The van der Waals surface area contributed by atoms with Crippen LogP contribution in [0.2, 0.25) is 0 Å². The first-order chi connectivity index (χ1) is 0. The Morgan fingerprint density at radius 3 is 1.00 bits per heavy atom. The number of hydrogen-bond donors (Lipinski definition) is 0. The smallest absolute Gasteiger partial charge is 0 e. The van der Waals surface area contributed by atoms with Crippen molar-refractivity contribution in [2.24, 2.45) is 0 Å². The van der Waals surface area contributed by atoms with Gasteiger partial charge in [-0.15, -0.1) is 0 Å². The zero-order valence-electron chi connectivity index (χ0n) is 1.26. The minimum atomic E-state index is 0. The van der Waals surface area contributed by atoms with E-state index < -0.39 is 0 Å². The van der Waals surface area contributed by atoms with Gasteiger partial charge in [0.2, 0.25) is 0 Å². The van der Waals surface area contributed by atoms with E-state index in [-0.39, 0.29) is 84.5 Å². The Morgan fingerprint density at radius 1 is 1.00 bits per heavy atom. The molecule has 0 N–H and O–H groups in total. The van der Waals surface area contributed by atoms with Crippen LogP contribution in [0.5, 0.6) is 0 Å². The Bertz CT molecular complexity index is 8.00. The first-order valence-electron chi connectivity index (χ1n) is 0. The van der Waals surface area contributed by atoms with E-state index in [0.717, 1.165) is 0 Å². The fourth-order valence-corrected chi connectivity index (χ4v) is 0. The van der Waals surface area contributed by atoms with Crippen molar-refractivity contribution in [1.29, 1.82) is 0 Å². The number of hydrogen-bond acceptors (Lipinski definition) is 0. The van der Waals surface area contributed by atoms with Crippen molar-refractivity contribution >= 4 is 23.9 Å². The molecule has 4 heteroatoms. The Labute approximate surface area is 83.2 Å². The van der Waals surface area contributed by atoms with Gasteiger partial charge in [-0.1, -0.05) is 0 Å². The summed E-state index contributed by atoms with van der Waals surface area (Å²) < 4.78 is 0. The van der Waals surface area contributed by atoms with Crippen LogP contribution in [0, 0.1) is 0 Å². The predicted molar refractivity (Wildman–Crippen MR) is 11.3 cm³/mol. The van der Waals surface area contributed by atoms with E-state index in [1.807, 2.05) is 0 Å². The molecule has 0 saturated heterocycles. The van der Waals surface area contributed by atoms with Crippen molar-refractivity contribution in [1.82, 2.24) is 0 Å². The molecule has 0 atom stereocenters. The largest absolute Gasteiger partial charge is 0 e. The quantitative estimate of drug-likeness (QED) is 0.479. The fourth-order valence-electron chi connectivity index (χ4n) is 0. The van der Waals surface area contributed by atoms with Crippen LogP contribution in [0.1, 0.15) is 0 Å². The third-order valence-corrected chi connectivity index (χ3v) is 0. The molecule has 0 unspecified atom stereocenters. The summed E-state index contributed by atoms with van der Waals surface area (Å²) in [5, 5.41) is 0. The van der Waals surface area contributed by atoms with Crippen LogP contribution in [0.4, 0.5) is 0 Å². The first-order valence-corrected chi connectivity index (χ1v) is 0. The maximum Gasteiger partial charge on any atom is 0 e. The summed E-state index contributed by atoms with van der Waals surface area (Å²) >= 11 is 0. The summed E-state index contributed by atoms with van der Waals surface area (Å²) in [5.41, 5.74) is 0. The van der Waals surface area contributed by atoms with E-state index in [4.69, 9.17) is 0 Å². The normalized spacial score (nSPS) is 0. The van der Waals surface area contributed by atoms with Crippen molar-refractivity contribution in [2.45, 2.75) is 0 Å². The third-order valence-electron chi connectivity index (χ3n) is 0. The van der Waals surface area contributed by atoms with Gasteiger partial charge in [-0.2, -0.15) is 0 Å². The fraction of sp³-hybridized carbons (Fsp3) is 0. The van der Waals surface area contributed by atoms with Crippen LogP contribution >= 0.6 is 0 Å². The first kappa shape index (κ1) is 29.6. The van der Waals surface area contributed by atoms with Crippen molar-refractivity contribution < 1.29 is 60.6 Å². The summed E-state index contributed by atoms with van der Waals surface area (Å²) in [7, 11) is 0. The summed E-state index contributed by atoms with van der Waals surface area (Å²) in [6, 6.07) is 0. The van der Waals surface area contributed by atoms with Crippen molar-refractivity contribution in [3.8, 4) is 0 Å². The maximum absolute atomic E-state index is 0. The second kappa shape index (κ2) is 17.2. The molecule has 0 aliphatic carbocycles. The second-order valence-corrected chi connectivity index (χ2v) is 0. The average molecular weight is 322 g/mol. The predicted octanol–water partition coefficient (Wildman–Crippen LogP) is -1.46. The second-order valence-electron chi connectivity index (χ2n) is 0. The minimum absolute atomic E-state index is 0. The van der Waals surface area contributed by atoms with Gasteiger partial charge in [0.25, 0.3) is 0 Å². The molecule has 0 spiro atoms. The van der Waals surface area contributed by atoms with E-state index in [0.29, 0.717) is 0 Å². The van der Waals surface area contributed by atoms with E-state index in [1.165, 1.54) is 0 Å². The van der Waals surface area contributed by atoms with E-state index in [9.17, 15) is 0 Å². The van der Waals surface area contributed by atoms with Crippen LogP contribution in [0.15, 0.2) is 0 Å². The molecule has 0 radical (unpaired) electrons. The molecule has 0 fully saturated rings.